The molecule has 0 saturated heterocycles. The number of amides is 1. The van der Waals surface area contributed by atoms with E-state index in [1.807, 2.05) is 24.3 Å². The minimum Gasteiger partial charge on any atom is -0.481 e. The summed E-state index contributed by atoms with van der Waals surface area (Å²) >= 11 is 0. The number of ether oxygens (including phenoxy) is 1. The van der Waals surface area contributed by atoms with Gasteiger partial charge in [0.1, 0.15) is 5.75 Å². The predicted octanol–water partition coefficient (Wildman–Crippen LogP) is 0.701. The van der Waals surface area contributed by atoms with Gasteiger partial charge in [0.05, 0.1) is 0 Å². The Labute approximate surface area is 95.8 Å². The van der Waals surface area contributed by atoms with E-state index in [4.69, 9.17) is 10.5 Å². The first-order chi connectivity index (χ1) is 7.67. The summed E-state index contributed by atoms with van der Waals surface area (Å²) in [5.41, 5.74) is 6.62. The van der Waals surface area contributed by atoms with Crippen molar-refractivity contribution in [2.24, 2.45) is 5.73 Å². The molecule has 88 valence electrons. The maximum atomic E-state index is 11.2. The predicted molar refractivity (Wildman–Crippen MR) is 63.4 cm³/mol. The molecule has 4 heteroatoms. The van der Waals surface area contributed by atoms with Gasteiger partial charge >= 0.3 is 0 Å². The Morgan fingerprint density at radius 1 is 1.44 bits per heavy atom. The van der Waals surface area contributed by atoms with Crippen molar-refractivity contribution in [3.8, 4) is 5.75 Å². The standard InChI is InChI=1S/C12H18N2O2/c1-9(12(15)14-2)16-11-5-3-10(4-6-11)7-8-13/h3-6,9H,7-8,13H2,1-2H3,(H,14,15). The topological polar surface area (TPSA) is 64.3 Å². The van der Waals surface area contributed by atoms with Crippen LogP contribution in [0, 0.1) is 0 Å². The Bertz CT molecular complexity index is 335. The van der Waals surface area contributed by atoms with Crippen LogP contribution in [0.1, 0.15) is 12.5 Å². The molecular formula is C12H18N2O2. The number of hydrogen-bond acceptors (Lipinski definition) is 3. The third kappa shape index (κ3) is 3.55. The van der Waals surface area contributed by atoms with E-state index in [1.54, 1.807) is 14.0 Å². The van der Waals surface area contributed by atoms with Crippen LogP contribution in [0.4, 0.5) is 0 Å². The Morgan fingerprint density at radius 3 is 2.56 bits per heavy atom. The Kier molecular flexibility index (Phi) is 4.79. The molecule has 1 unspecified atom stereocenters. The quantitative estimate of drug-likeness (QED) is 0.771. The van der Waals surface area contributed by atoms with Crippen LogP contribution < -0.4 is 15.8 Å². The summed E-state index contributed by atoms with van der Waals surface area (Å²) in [5, 5.41) is 2.54. The van der Waals surface area contributed by atoms with Gasteiger partial charge in [0.2, 0.25) is 0 Å². The second-order valence-corrected chi connectivity index (χ2v) is 3.56. The molecular weight excluding hydrogens is 204 g/mol. The largest absolute Gasteiger partial charge is 0.481 e. The van der Waals surface area contributed by atoms with E-state index in [0.717, 1.165) is 6.42 Å². The Balaban J connectivity index is 2.58. The van der Waals surface area contributed by atoms with E-state index in [-0.39, 0.29) is 5.91 Å². The second kappa shape index (κ2) is 6.12. The summed E-state index contributed by atoms with van der Waals surface area (Å²) in [4.78, 5) is 11.2. The van der Waals surface area contributed by atoms with Crippen LogP contribution >= 0.6 is 0 Å². The van der Waals surface area contributed by atoms with Gasteiger partial charge in [-0.3, -0.25) is 4.79 Å². The van der Waals surface area contributed by atoms with Crippen LogP contribution in [0.25, 0.3) is 0 Å². The van der Waals surface area contributed by atoms with E-state index in [2.05, 4.69) is 5.32 Å². The molecule has 1 aromatic carbocycles. The lowest BCUT2D eigenvalue weighted by Gasteiger charge is -2.13. The molecule has 0 saturated carbocycles. The van der Waals surface area contributed by atoms with Crippen molar-refractivity contribution in [3.63, 3.8) is 0 Å². The molecule has 0 aliphatic heterocycles. The Hall–Kier alpha value is -1.55. The summed E-state index contributed by atoms with van der Waals surface area (Å²) in [6, 6.07) is 7.62. The highest BCUT2D eigenvalue weighted by Crippen LogP contribution is 2.14. The fraction of sp³-hybridized carbons (Fsp3) is 0.417. The van der Waals surface area contributed by atoms with Crippen LogP contribution in [0.2, 0.25) is 0 Å². The van der Waals surface area contributed by atoms with Gasteiger partial charge in [-0.25, -0.2) is 0 Å². The highest BCUT2D eigenvalue weighted by Gasteiger charge is 2.11. The van der Waals surface area contributed by atoms with Crippen molar-refractivity contribution in [3.05, 3.63) is 29.8 Å². The molecule has 0 bridgehead atoms. The van der Waals surface area contributed by atoms with Crippen molar-refractivity contribution in [1.29, 1.82) is 0 Å². The first-order valence-corrected chi connectivity index (χ1v) is 5.34. The van der Waals surface area contributed by atoms with Crippen LogP contribution in [0.5, 0.6) is 5.75 Å². The number of benzene rings is 1. The third-order valence-corrected chi connectivity index (χ3v) is 2.28. The monoisotopic (exact) mass is 222 g/mol. The van der Waals surface area contributed by atoms with Crippen molar-refractivity contribution in [1.82, 2.24) is 5.32 Å². The molecule has 16 heavy (non-hydrogen) atoms. The van der Waals surface area contributed by atoms with E-state index in [1.165, 1.54) is 5.56 Å². The maximum absolute atomic E-state index is 11.2. The molecule has 0 radical (unpaired) electrons. The number of carbonyl (C=O) groups excluding carboxylic acids is 1. The van der Waals surface area contributed by atoms with E-state index in [0.29, 0.717) is 12.3 Å². The van der Waals surface area contributed by atoms with Gasteiger partial charge in [0.25, 0.3) is 5.91 Å². The number of likely N-dealkylation sites (N-methyl/N-ethyl adjacent to an activating group) is 1. The highest BCUT2D eigenvalue weighted by atomic mass is 16.5. The fourth-order valence-electron chi connectivity index (χ4n) is 1.36. The molecule has 1 aromatic rings. The van der Waals surface area contributed by atoms with Gasteiger partial charge in [-0.2, -0.15) is 0 Å². The van der Waals surface area contributed by atoms with E-state index in [9.17, 15) is 4.79 Å². The molecule has 0 fully saturated rings. The third-order valence-electron chi connectivity index (χ3n) is 2.28. The van der Waals surface area contributed by atoms with Crippen LogP contribution in [-0.4, -0.2) is 25.6 Å². The van der Waals surface area contributed by atoms with Crippen LogP contribution in [0.15, 0.2) is 24.3 Å². The summed E-state index contributed by atoms with van der Waals surface area (Å²) in [6.45, 7) is 2.35. The van der Waals surface area contributed by atoms with E-state index < -0.39 is 6.10 Å². The zero-order valence-corrected chi connectivity index (χ0v) is 9.69. The van der Waals surface area contributed by atoms with Crippen LogP contribution in [0.3, 0.4) is 0 Å². The molecule has 0 spiro atoms. The number of nitrogens with two attached hydrogens (primary N) is 1. The summed E-state index contributed by atoms with van der Waals surface area (Å²) in [6.07, 6.45) is 0.371. The van der Waals surface area contributed by atoms with Gasteiger partial charge in [0, 0.05) is 7.05 Å². The zero-order chi connectivity index (χ0) is 12.0. The molecule has 0 aliphatic carbocycles. The number of nitrogens with one attached hydrogen (secondary N) is 1. The zero-order valence-electron chi connectivity index (χ0n) is 9.69. The van der Waals surface area contributed by atoms with Gasteiger partial charge in [-0.1, -0.05) is 12.1 Å². The fourth-order valence-corrected chi connectivity index (χ4v) is 1.36. The minimum atomic E-state index is -0.481. The normalized spacial score (nSPS) is 11.9. The van der Waals surface area contributed by atoms with Crippen molar-refractivity contribution in [2.45, 2.75) is 19.4 Å². The molecule has 0 aliphatic rings. The van der Waals surface area contributed by atoms with Gasteiger partial charge in [0.15, 0.2) is 6.10 Å². The average molecular weight is 222 g/mol. The highest BCUT2D eigenvalue weighted by molar-refractivity contribution is 5.80. The lowest BCUT2D eigenvalue weighted by atomic mass is 10.1. The first kappa shape index (κ1) is 12.5. The van der Waals surface area contributed by atoms with Gasteiger partial charge in [-0.15, -0.1) is 0 Å². The second-order valence-electron chi connectivity index (χ2n) is 3.56. The first-order valence-electron chi connectivity index (χ1n) is 5.34. The number of rotatable bonds is 5. The molecule has 1 amide bonds. The summed E-state index contributed by atoms with van der Waals surface area (Å²) < 4.78 is 5.46. The maximum Gasteiger partial charge on any atom is 0.260 e. The lowest BCUT2D eigenvalue weighted by molar-refractivity contribution is -0.126. The lowest BCUT2D eigenvalue weighted by Crippen LogP contribution is -2.33. The van der Waals surface area contributed by atoms with Crippen LogP contribution in [-0.2, 0) is 11.2 Å². The molecule has 1 atom stereocenters. The number of carbonyl (C=O) groups is 1. The smallest absolute Gasteiger partial charge is 0.260 e. The Morgan fingerprint density at radius 2 is 2.06 bits per heavy atom. The average Bonchev–Trinajstić information content (AvgIpc) is 2.31. The molecule has 0 aromatic heterocycles. The number of hydrogen-bond donors (Lipinski definition) is 2. The van der Waals surface area contributed by atoms with Gasteiger partial charge in [-0.05, 0) is 37.6 Å². The SMILES string of the molecule is CNC(=O)C(C)Oc1ccc(CCN)cc1. The molecule has 0 heterocycles. The molecule has 4 nitrogen and oxygen atoms in total. The summed E-state index contributed by atoms with van der Waals surface area (Å²) in [5.74, 6) is 0.558. The summed E-state index contributed by atoms with van der Waals surface area (Å²) in [7, 11) is 1.59. The van der Waals surface area contributed by atoms with Gasteiger partial charge < -0.3 is 15.8 Å². The van der Waals surface area contributed by atoms with Crippen molar-refractivity contribution >= 4 is 5.91 Å². The van der Waals surface area contributed by atoms with E-state index >= 15 is 0 Å². The minimum absolute atomic E-state index is 0.133. The molecule has 1 rings (SSSR count). The van der Waals surface area contributed by atoms with Crippen molar-refractivity contribution < 1.29 is 9.53 Å². The molecule has 3 N–H and O–H groups in total. The van der Waals surface area contributed by atoms with Crippen molar-refractivity contribution in [2.75, 3.05) is 13.6 Å².